The van der Waals surface area contributed by atoms with Crippen molar-refractivity contribution in [2.75, 3.05) is 19.7 Å². The summed E-state index contributed by atoms with van der Waals surface area (Å²) in [5, 5.41) is 2.97. The summed E-state index contributed by atoms with van der Waals surface area (Å²) in [5.41, 5.74) is 0.534. The Morgan fingerprint density at radius 1 is 1.12 bits per heavy atom. The van der Waals surface area contributed by atoms with Crippen LogP contribution < -0.4 is 10.1 Å². The molecule has 1 aromatic rings. The van der Waals surface area contributed by atoms with Gasteiger partial charge in [-0.15, -0.1) is 0 Å². The van der Waals surface area contributed by atoms with Gasteiger partial charge in [-0.3, -0.25) is 9.59 Å². The SMILES string of the molecule is CCOC(=O)Oc1ccc(C(=O)N2CCC(NC(=O)CC)CC2)cc1. The molecule has 136 valence electrons. The highest BCUT2D eigenvalue weighted by molar-refractivity contribution is 5.94. The molecule has 1 N–H and O–H groups in total. The first-order chi connectivity index (χ1) is 12.0. The molecule has 1 heterocycles. The average Bonchev–Trinajstić information content (AvgIpc) is 2.62. The van der Waals surface area contributed by atoms with E-state index < -0.39 is 6.16 Å². The van der Waals surface area contributed by atoms with Gasteiger partial charge in [0.2, 0.25) is 5.91 Å². The summed E-state index contributed by atoms with van der Waals surface area (Å²) in [6.07, 6.45) is 1.21. The van der Waals surface area contributed by atoms with E-state index in [2.05, 4.69) is 5.32 Å². The lowest BCUT2D eigenvalue weighted by atomic mass is 10.0. The Kier molecular flexibility index (Phi) is 6.80. The van der Waals surface area contributed by atoms with E-state index in [0.29, 0.717) is 30.8 Å². The fraction of sp³-hybridized carbons (Fsp3) is 0.500. The van der Waals surface area contributed by atoms with Gasteiger partial charge in [0, 0.05) is 31.1 Å². The van der Waals surface area contributed by atoms with E-state index in [4.69, 9.17) is 9.47 Å². The highest BCUT2D eigenvalue weighted by Crippen LogP contribution is 2.17. The molecule has 0 saturated carbocycles. The van der Waals surface area contributed by atoms with E-state index in [1.165, 1.54) is 0 Å². The van der Waals surface area contributed by atoms with E-state index in [-0.39, 0.29) is 24.5 Å². The quantitative estimate of drug-likeness (QED) is 0.652. The summed E-state index contributed by atoms with van der Waals surface area (Å²) < 4.78 is 9.67. The van der Waals surface area contributed by atoms with Crippen LogP contribution in [0, 0.1) is 0 Å². The highest BCUT2D eigenvalue weighted by Gasteiger charge is 2.24. The fourth-order valence-corrected chi connectivity index (χ4v) is 2.65. The molecule has 25 heavy (non-hydrogen) atoms. The zero-order valence-corrected chi connectivity index (χ0v) is 14.6. The Morgan fingerprint density at radius 3 is 2.32 bits per heavy atom. The number of benzene rings is 1. The van der Waals surface area contributed by atoms with Gasteiger partial charge in [0.15, 0.2) is 0 Å². The van der Waals surface area contributed by atoms with Crippen molar-refractivity contribution in [1.82, 2.24) is 10.2 Å². The minimum atomic E-state index is -0.766. The zero-order chi connectivity index (χ0) is 18.2. The largest absolute Gasteiger partial charge is 0.513 e. The maximum atomic E-state index is 12.5. The third kappa shape index (κ3) is 5.48. The van der Waals surface area contributed by atoms with E-state index in [9.17, 15) is 14.4 Å². The smallest absolute Gasteiger partial charge is 0.434 e. The van der Waals surface area contributed by atoms with E-state index in [0.717, 1.165) is 12.8 Å². The Labute approximate surface area is 147 Å². The molecule has 1 aliphatic heterocycles. The highest BCUT2D eigenvalue weighted by atomic mass is 16.7. The second kappa shape index (κ2) is 9.05. The third-order valence-electron chi connectivity index (χ3n) is 4.03. The van der Waals surface area contributed by atoms with Crippen LogP contribution in [0.2, 0.25) is 0 Å². The number of amides is 2. The van der Waals surface area contributed by atoms with Crippen molar-refractivity contribution in [3.05, 3.63) is 29.8 Å². The number of piperidine rings is 1. The molecule has 2 rings (SSSR count). The normalized spacial score (nSPS) is 14.7. The number of hydrogen-bond acceptors (Lipinski definition) is 5. The van der Waals surface area contributed by atoms with Gasteiger partial charge >= 0.3 is 6.16 Å². The lowest BCUT2D eigenvalue weighted by Crippen LogP contribution is -2.46. The summed E-state index contributed by atoms with van der Waals surface area (Å²) in [6.45, 7) is 4.97. The molecule has 0 unspecified atom stereocenters. The predicted molar refractivity (Wildman–Crippen MR) is 91.5 cm³/mol. The van der Waals surface area contributed by atoms with Crippen molar-refractivity contribution in [2.45, 2.75) is 39.2 Å². The number of carbonyl (C=O) groups is 3. The van der Waals surface area contributed by atoms with Crippen LogP contribution in [0.4, 0.5) is 4.79 Å². The molecule has 1 aromatic carbocycles. The van der Waals surface area contributed by atoms with Gasteiger partial charge in [-0.25, -0.2) is 4.79 Å². The predicted octanol–water partition coefficient (Wildman–Crippen LogP) is 2.35. The van der Waals surface area contributed by atoms with Crippen molar-refractivity contribution in [2.24, 2.45) is 0 Å². The zero-order valence-electron chi connectivity index (χ0n) is 14.6. The van der Waals surface area contributed by atoms with Gasteiger partial charge in [-0.2, -0.15) is 0 Å². The Hall–Kier alpha value is -2.57. The molecule has 0 aliphatic carbocycles. The van der Waals surface area contributed by atoms with Crippen molar-refractivity contribution >= 4 is 18.0 Å². The standard InChI is InChI=1S/C18H24N2O5/c1-3-16(21)19-14-9-11-20(12-10-14)17(22)13-5-7-15(8-6-13)25-18(23)24-4-2/h5-8,14H,3-4,9-12H2,1-2H3,(H,19,21). The summed E-state index contributed by atoms with van der Waals surface area (Å²) in [6, 6.07) is 6.53. The molecular weight excluding hydrogens is 324 g/mol. The lowest BCUT2D eigenvalue weighted by molar-refractivity contribution is -0.121. The Bertz CT molecular complexity index is 606. The van der Waals surface area contributed by atoms with Gasteiger partial charge < -0.3 is 19.7 Å². The minimum absolute atomic E-state index is 0.0435. The van der Waals surface area contributed by atoms with E-state index in [1.807, 2.05) is 6.92 Å². The van der Waals surface area contributed by atoms with E-state index >= 15 is 0 Å². The summed E-state index contributed by atoms with van der Waals surface area (Å²) >= 11 is 0. The van der Waals surface area contributed by atoms with Crippen molar-refractivity contribution in [3.63, 3.8) is 0 Å². The number of nitrogens with one attached hydrogen (secondary N) is 1. The van der Waals surface area contributed by atoms with Gasteiger partial charge in [-0.1, -0.05) is 6.92 Å². The Morgan fingerprint density at radius 2 is 1.76 bits per heavy atom. The molecule has 7 heteroatoms. The molecule has 2 amide bonds. The van der Waals surface area contributed by atoms with Crippen molar-refractivity contribution in [3.8, 4) is 5.75 Å². The average molecular weight is 348 g/mol. The summed E-state index contributed by atoms with van der Waals surface area (Å²) in [5.74, 6) is 0.306. The second-order valence-electron chi connectivity index (χ2n) is 5.80. The number of nitrogens with zero attached hydrogens (tertiary/aromatic N) is 1. The molecule has 0 spiro atoms. The first kappa shape index (κ1) is 18.8. The molecule has 0 atom stereocenters. The fourth-order valence-electron chi connectivity index (χ4n) is 2.65. The maximum absolute atomic E-state index is 12.5. The van der Waals surface area contributed by atoms with Gasteiger partial charge in [0.05, 0.1) is 6.61 Å². The molecular formula is C18H24N2O5. The third-order valence-corrected chi connectivity index (χ3v) is 4.03. The number of ether oxygens (including phenoxy) is 2. The van der Waals surface area contributed by atoms with Crippen LogP contribution >= 0.6 is 0 Å². The van der Waals surface area contributed by atoms with Gasteiger partial charge in [0.1, 0.15) is 5.75 Å². The number of carbonyl (C=O) groups excluding carboxylic acids is 3. The van der Waals surface area contributed by atoms with Crippen LogP contribution in [-0.2, 0) is 9.53 Å². The van der Waals surface area contributed by atoms with E-state index in [1.54, 1.807) is 36.1 Å². The van der Waals surface area contributed by atoms with Crippen LogP contribution in [0.1, 0.15) is 43.5 Å². The van der Waals surface area contributed by atoms with Crippen molar-refractivity contribution in [1.29, 1.82) is 0 Å². The second-order valence-corrected chi connectivity index (χ2v) is 5.80. The van der Waals surface area contributed by atoms with Crippen LogP contribution in [0.25, 0.3) is 0 Å². The van der Waals surface area contributed by atoms with Crippen molar-refractivity contribution < 1.29 is 23.9 Å². The number of hydrogen-bond donors (Lipinski definition) is 1. The topological polar surface area (TPSA) is 84.9 Å². The van der Waals surface area contributed by atoms with Gasteiger partial charge in [-0.05, 0) is 44.0 Å². The summed E-state index contributed by atoms with van der Waals surface area (Å²) in [7, 11) is 0. The molecule has 0 radical (unpaired) electrons. The lowest BCUT2D eigenvalue weighted by Gasteiger charge is -2.32. The number of likely N-dealkylation sites (tertiary alicyclic amines) is 1. The van der Waals surface area contributed by atoms with Gasteiger partial charge in [0.25, 0.3) is 5.91 Å². The van der Waals surface area contributed by atoms with Crippen LogP contribution in [0.15, 0.2) is 24.3 Å². The Balaban J connectivity index is 1.87. The first-order valence-electron chi connectivity index (χ1n) is 8.56. The monoisotopic (exact) mass is 348 g/mol. The molecule has 0 aromatic heterocycles. The number of rotatable bonds is 5. The van der Waals surface area contributed by atoms with Crippen LogP contribution in [0.5, 0.6) is 5.75 Å². The van der Waals surface area contributed by atoms with Crippen LogP contribution in [0.3, 0.4) is 0 Å². The molecule has 1 aliphatic rings. The summed E-state index contributed by atoms with van der Waals surface area (Å²) in [4.78, 5) is 37.0. The molecule has 0 bridgehead atoms. The van der Waals surface area contributed by atoms with Crippen LogP contribution in [-0.4, -0.2) is 48.6 Å². The molecule has 7 nitrogen and oxygen atoms in total. The molecule has 1 fully saturated rings. The first-order valence-corrected chi connectivity index (χ1v) is 8.56. The molecule has 1 saturated heterocycles. The maximum Gasteiger partial charge on any atom is 0.513 e. The minimum Gasteiger partial charge on any atom is -0.434 e.